The van der Waals surface area contributed by atoms with Crippen molar-refractivity contribution in [2.24, 2.45) is 10.2 Å². The fraction of sp³-hybridized carbons (Fsp3) is 0.167. The van der Waals surface area contributed by atoms with E-state index in [0.717, 1.165) is 11.8 Å². The quantitative estimate of drug-likeness (QED) is 0.457. The molecule has 1 aromatic heterocycles. The van der Waals surface area contributed by atoms with Crippen LogP contribution in [0.5, 0.6) is 5.75 Å². The fourth-order valence-electron chi connectivity index (χ4n) is 2.42. The second-order valence-electron chi connectivity index (χ2n) is 5.81. The molecule has 10 nitrogen and oxygen atoms in total. The molecule has 1 atom stereocenters. The lowest BCUT2D eigenvalue weighted by Gasteiger charge is -2.15. The Morgan fingerprint density at radius 3 is 2.69 bits per heavy atom. The molecule has 1 aliphatic heterocycles. The van der Waals surface area contributed by atoms with E-state index in [4.69, 9.17) is 9.52 Å². The molecule has 1 aromatic carbocycles. The smallest absolute Gasteiger partial charge is 0.322 e. The predicted octanol–water partition coefficient (Wildman–Crippen LogP) is 1.41. The van der Waals surface area contributed by atoms with E-state index in [-0.39, 0.29) is 17.3 Å². The summed E-state index contributed by atoms with van der Waals surface area (Å²) in [5.41, 5.74) is 0.445. The Bertz CT molecular complexity index is 955. The molecule has 1 aliphatic rings. The highest BCUT2D eigenvalue weighted by molar-refractivity contribution is 8.16. The summed E-state index contributed by atoms with van der Waals surface area (Å²) >= 11 is 1.04. The van der Waals surface area contributed by atoms with Crippen molar-refractivity contribution < 1.29 is 29.0 Å². The number of carbonyl (C=O) groups is 3. The number of carboxylic acids is 1. The van der Waals surface area contributed by atoms with E-state index >= 15 is 0 Å². The first-order valence-corrected chi connectivity index (χ1v) is 9.24. The van der Waals surface area contributed by atoms with Gasteiger partial charge in [-0.2, -0.15) is 5.10 Å². The number of nitrogens with zero attached hydrogens (tertiary/aromatic N) is 3. The molecule has 2 aromatic rings. The molecule has 3 rings (SSSR count). The van der Waals surface area contributed by atoms with Gasteiger partial charge in [-0.3, -0.25) is 19.3 Å². The zero-order valence-electron chi connectivity index (χ0n) is 14.9. The lowest BCUT2D eigenvalue weighted by Crippen LogP contribution is -2.36. The molecule has 1 saturated heterocycles. The highest BCUT2D eigenvalue weighted by Crippen LogP contribution is 2.34. The molecule has 150 valence electrons. The number of hydrogen-bond donors (Lipinski definition) is 3. The van der Waals surface area contributed by atoms with Crippen molar-refractivity contribution in [2.75, 3.05) is 11.4 Å². The normalized spacial score (nSPS) is 17.9. The number of benzene rings is 1. The van der Waals surface area contributed by atoms with Gasteiger partial charge >= 0.3 is 5.97 Å². The summed E-state index contributed by atoms with van der Waals surface area (Å²) in [6.45, 7) is -0.527. The molecular formula is C18H16N4O6S. The van der Waals surface area contributed by atoms with Crippen molar-refractivity contribution >= 4 is 46.6 Å². The number of furan rings is 1. The molecule has 1 unspecified atom stereocenters. The van der Waals surface area contributed by atoms with Crippen molar-refractivity contribution in [3.05, 3.63) is 48.4 Å². The average molecular weight is 416 g/mol. The van der Waals surface area contributed by atoms with Gasteiger partial charge in [-0.15, -0.1) is 5.10 Å². The molecule has 11 heteroatoms. The summed E-state index contributed by atoms with van der Waals surface area (Å²) < 4.78 is 5.13. The van der Waals surface area contributed by atoms with E-state index in [2.05, 4.69) is 15.5 Å². The van der Waals surface area contributed by atoms with Crippen LogP contribution in [0, 0.1) is 0 Å². The zero-order valence-corrected chi connectivity index (χ0v) is 15.7. The van der Waals surface area contributed by atoms with Crippen LogP contribution in [0.1, 0.15) is 12.2 Å². The van der Waals surface area contributed by atoms with Gasteiger partial charge in [-0.1, -0.05) is 11.8 Å². The van der Waals surface area contributed by atoms with Gasteiger partial charge in [0, 0.05) is 6.42 Å². The maximum absolute atomic E-state index is 12.9. The number of carbonyl (C=O) groups excluding carboxylic acids is 2. The first-order valence-electron chi connectivity index (χ1n) is 8.36. The van der Waals surface area contributed by atoms with Crippen molar-refractivity contribution in [3.63, 3.8) is 0 Å². The Morgan fingerprint density at radius 2 is 2.03 bits per heavy atom. The summed E-state index contributed by atoms with van der Waals surface area (Å²) in [7, 11) is 0. The number of aliphatic carboxylic acids is 1. The minimum Gasteiger partial charge on any atom is -0.508 e. The van der Waals surface area contributed by atoms with Crippen LogP contribution >= 0.6 is 11.8 Å². The van der Waals surface area contributed by atoms with Gasteiger partial charge in [0.2, 0.25) is 11.8 Å². The number of amides is 2. The van der Waals surface area contributed by atoms with Crippen molar-refractivity contribution in [3.8, 4) is 5.75 Å². The third-order valence-corrected chi connectivity index (χ3v) is 4.85. The van der Waals surface area contributed by atoms with Crippen LogP contribution in [0.15, 0.2) is 57.3 Å². The number of nitrogens with one attached hydrogen (secondary N) is 1. The van der Waals surface area contributed by atoms with Crippen LogP contribution in [0.2, 0.25) is 0 Å². The molecule has 1 fully saturated rings. The number of thioether (sulfide) groups is 1. The molecular weight excluding hydrogens is 400 g/mol. The molecule has 3 N–H and O–H groups in total. The van der Waals surface area contributed by atoms with E-state index in [1.54, 1.807) is 12.1 Å². The van der Waals surface area contributed by atoms with Crippen molar-refractivity contribution in [1.82, 2.24) is 5.32 Å². The van der Waals surface area contributed by atoms with Crippen molar-refractivity contribution in [1.29, 1.82) is 0 Å². The highest BCUT2D eigenvalue weighted by Gasteiger charge is 2.40. The summed E-state index contributed by atoms with van der Waals surface area (Å²) in [4.78, 5) is 36.7. The van der Waals surface area contributed by atoms with Crippen LogP contribution in [-0.4, -0.2) is 51.2 Å². The third-order valence-electron chi connectivity index (χ3n) is 3.72. The molecule has 0 saturated carbocycles. The maximum atomic E-state index is 12.9. The van der Waals surface area contributed by atoms with Gasteiger partial charge in [0.15, 0.2) is 5.17 Å². The van der Waals surface area contributed by atoms with Gasteiger partial charge in [-0.05, 0) is 36.4 Å². The number of hydrogen-bond acceptors (Lipinski definition) is 8. The Balaban J connectivity index is 1.81. The lowest BCUT2D eigenvalue weighted by atomic mass is 10.2. The average Bonchev–Trinajstić information content (AvgIpc) is 3.30. The Labute approximate surface area is 168 Å². The SMILES string of the molecule is O=C(O)CNC(=O)CC1SC(=NN=Cc2ccco2)N(c2ccc(O)cc2)C1=O. The molecule has 0 radical (unpaired) electrons. The molecule has 29 heavy (non-hydrogen) atoms. The summed E-state index contributed by atoms with van der Waals surface area (Å²) in [6, 6.07) is 9.29. The van der Waals surface area contributed by atoms with Gasteiger partial charge in [0.05, 0.1) is 18.2 Å². The van der Waals surface area contributed by atoms with Gasteiger partial charge < -0.3 is 19.9 Å². The zero-order chi connectivity index (χ0) is 20.8. The number of phenolic OH excluding ortho intramolecular Hbond substituents is 1. The van der Waals surface area contributed by atoms with Crippen molar-refractivity contribution in [2.45, 2.75) is 11.7 Å². The largest absolute Gasteiger partial charge is 0.508 e. The first kappa shape index (κ1) is 20.1. The fourth-order valence-corrected chi connectivity index (χ4v) is 3.51. The van der Waals surface area contributed by atoms with Gasteiger partial charge in [-0.25, -0.2) is 0 Å². The number of amidine groups is 1. The van der Waals surface area contributed by atoms with Crippen LogP contribution in [0.3, 0.4) is 0 Å². The van der Waals surface area contributed by atoms with E-state index < -0.39 is 29.6 Å². The number of anilines is 1. The monoisotopic (exact) mass is 416 g/mol. The van der Waals surface area contributed by atoms with Crippen LogP contribution in [-0.2, 0) is 14.4 Å². The van der Waals surface area contributed by atoms with Gasteiger partial charge in [0.1, 0.15) is 23.3 Å². The minimum atomic E-state index is -1.18. The van der Waals surface area contributed by atoms with E-state index in [1.165, 1.54) is 41.6 Å². The highest BCUT2D eigenvalue weighted by atomic mass is 32.2. The number of carboxylic acid groups (broad SMARTS) is 1. The lowest BCUT2D eigenvalue weighted by molar-refractivity contribution is -0.137. The van der Waals surface area contributed by atoms with Crippen LogP contribution in [0.25, 0.3) is 0 Å². The topological polar surface area (TPSA) is 145 Å². The standard InChI is InChI=1S/C18H16N4O6S/c23-12-5-3-11(4-6-12)22-17(27)14(8-15(24)19-10-16(25)26)29-18(22)21-20-9-13-2-1-7-28-13/h1-7,9,14,23H,8,10H2,(H,19,24)(H,25,26). The van der Waals surface area contributed by atoms with E-state index in [0.29, 0.717) is 11.4 Å². The first-order chi connectivity index (χ1) is 13.9. The van der Waals surface area contributed by atoms with E-state index in [9.17, 15) is 19.5 Å². The number of phenols is 1. The minimum absolute atomic E-state index is 0.0342. The second-order valence-corrected chi connectivity index (χ2v) is 6.98. The Morgan fingerprint density at radius 1 is 1.28 bits per heavy atom. The Hall–Kier alpha value is -3.60. The molecule has 0 bridgehead atoms. The molecule has 2 heterocycles. The molecule has 2 amide bonds. The summed E-state index contributed by atoms with van der Waals surface area (Å²) in [6.07, 6.45) is 2.64. The number of rotatable bonds is 7. The van der Waals surface area contributed by atoms with Gasteiger partial charge in [0.25, 0.3) is 0 Å². The number of aromatic hydroxyl groups is 1. The maximum Gasteiger partial charge on any atom is 0.322 e. The second kappa shape index (κ2) is 9.06. The van der Waals surface area contributed by atoms with Crippen LogP contribution < -0.4 is 10.2 Å². The molecule has 0 aliphatic carbocycles. The summed E-state index contributed by atoms with van der Waals surface area (Å²) in [5.74, 6) is -1.64. The van der Waals surface area contributed by atoms with E-state index in [1.807, 2.05) is 0 Å². The van der Waals surface area contributed by atoms with Crippen LogP contribution in [0.4, 0.5) is 5.69 Å². The third kappa shape index (κ3) is 5.23. The summed E-state index contributed by atoms with van der Waals surface area (Å²) in [5, 5.41) is 27.8. The Kier molecular flexibility index (Phi) is 6.29. The molecule has 0 spiro atoms. The predicted molar refractivity (Wildman–Crippen MR) is 106 cm³/mol.